The van der Waals surface area contributed by atoms with Gasteiger partial charge in [0.25, 0.3) is 0 Å². The molecule has 1 aromatic rings. The van der Waals surface area contributed by atoms with Crippen LogP contribution in [0.15, 0.2) is 12.4 Å². The minimum atomic E-state index is 0.156. The summed E-state index contributed by atoms with van der Waals surface area (Å²) in [5, 5.41) is 3.46. The molecule has 6 heteroatoms. The van der Waals surface area contributed by atoms with Gasteiger partial charge in [-0.25, -0.2) is 9.97 Å². The van der Waals surface area contributed by atoms with Gasteiger partial charge in [-0.15, -0.1) is 0 Å². The normalized spacial score (nSPS) is 25.2. The molecule has 0 aromatic carbocycles. The molecule has 1 aromatic heterocycles. The lowest BCUT2D eigenvalue weighted by molar-refractivity contribution is -0.139. The van der Waals surface area contributed by atoms with Crippen LogP contribution in [0.25, 0.3) is 0 Å². The number of nitrogens with one attached hydrogen (secondary N) is 1. The first-order valence-corrected chi connectivity index (χ1v) is 9.50. The second-order valence-corrected chi connectivity index (χ2v) is 7.63. The number of methoxy groups -OCH3 is 1. The Balaban J connectivity index is 1.51. The summed E-state index contributed by atoms with van der Waals surface area (Å²) in [6.07, 6.45) is 8.40. The SMILES string of the molecule is COc1cc(NC2CCN(C(=O)C(C)CC3CCC3)C(C)C2)ncn1. The van der Waals surface area contributed by atoms with Gasteiger partial charge in [0, 0.05) is 30.6 Å². The predicted molar refractivity (Wildman–Crippen MR) is 97.5 cm³/mol. The van der Waals surface area contributed by atoms with E-state index in [0.717, 1.165) is 37.5 Å². The van der Waals surface area contributed by atoms with Crippen molar-refractivity contribution in [2.24, 2.45) is 11.8 Å². The van der Waals surface area contributed by atoms with Crippen molar-refractivity contribution in [1.82, 2.24) is 14.9 Å². The van der Waals surface area contributed by atoms with Gasteiger partial charge in [0.1, 0.15) is 12.1 Å². The Morgan fingerprint density at radius 1 is 1.40 bits per heavy atom. The van der Waals surface area contributed by atoms with E-state index in [2.05, 4.69) is 34.0 Å². The fraction of sp³-hybridized carbons (Fsp3) is 0.737. The molecule has 1 N–H and O–H groups in total. The van der Waals surface area contributed by atoms with Gasteiger partial charge in [-0.1, -0.05) is 26.2 Å². The molecule has 3 atom stereocenters. The third-order valence-corrected chi connectivity index (χ3v) is 5.70. The van der Waals surface area contributed by atoms with Crippen LogP contribution in [0.3, 0.4) is 0 Å². The molecule has 3 unspecified atom stereocenters. The highest BCUT2D eigenvalue weighted by Crippen LogP contribution is 2.33. The van der Waals surface area contributed by atoms with Crippen LogP contribution in [0.5, 0.6) is 5.88 Å². The van der Waals surface area contributed by atoms with E-state index in [1.54, 1.807) is 7.11 Å². The zero-order valence-corrected chi connectivity index (χ0v) is 15.6. The molecule has 2 heterocycles. The van der Waals surface area contributed by atoms with Gasteiger partial charge in [0.05, 0.1) is 7.11 Å². The summed E-state index contributed by atoms with van der Waals surface area (Å²) in [5.74, 6) is 2.61. The second-order valence-electron chi connectivity index (χ2n) is 7.63. The maximum atomic E-state index is 12.8. The van der Waals surface area contributed by atoms with E-state index in [1.807, 2.05) is 6.07 Å². The van der Waals surface area contributed by atoms with Gasteiger partial charge in [-0.3, -0.25) is 4.79 Å². The number of ether oxygens (including phenoxy) is 1. The van der Waals surface area contributed by atoms with Crippen LogP contribution in [-0.2, 0) is 4.79 Å². The lowest BCUT2D eigenvalue weighted by Crippen LogP contribution is -2.49. The molecule has 2 aliphatic rings. The van der Waals surface area contributed by atoms with E-state index in [9.17, 15) is 4.79 Å². The lowest BCUT2D eigenvalue weighted by atomic mass is 9.79. The summed E-state index contributed by atoms with van der Waals surface area (Å²) in [6, 6.07) is 2.38. The van der Waals surface area contributed by atoms with E-state index in [-0.39, 0.29) is 12.0 Å². The summed E-state index contributed by atoms with van der Waals surface area (Å²) in [4.78, 5) is 23.2. The number of rotatable bonds is 6. The van der Waals surface area contributed by atoms with Crippen LogP contribution in [0.2, 0.25) is 0 Å². The van der Waals surface area contributed by atoms with Crippen molar-refractivity contribution in [3.8, 4) is 5.88 Å². The molecule has 6 nitrogen and oxygen atoms in total. The van der Waals surface area contributed by atoms with Gasteiger partial charge in [0.2, 0.25) is 11.8 Å². The van der Waals surface area contributed by atoms with Gasteiger partial charge in [-0.2, -0.15) is 0 Å². The Labute approximate surface area is 150 Å². The van der Waals surface area contributed by atoms with Crippen molar-refractivity contribution in [2.75, 3.05) is 19.0 Å². The van der Waals surface area contributed by atoms with Crippen molar-refractivity contribution in [3.05, 3.63) is 12.4 Å². The van der Waals surface area contributed by atoms with E-state index in [4.69, 9.17) is 4.74 Å². The van der Waals surface area contributed by atoms with Crippen LogP contribution in [0.4, 0.5) is 5.82 Å². The number of amides is 1. The number of hydrogen-bond donors (Lipinski definition) is 1. The third-order valence-electron chi connectivity index (χ3n) is 5.70. The number of likely N-dealkylation sites (tertiary alicyclic amines) is 1. The Bertz CT molecular complexity index is 591. The highest BCUT2D eigenvalue weighted by molar-refractivity contribution is 5.79. The molecule has 1 amide bonds. The molecule has 1 aliphatic carbocycles. The van der Waals surface area contributed by atoms with E-state index < -0.39 is 0 Å². The Morgan fingerprint density at radius 2 is 2.20 bits per heavy atom. The predicted octanol–water partition coefficient (Wildman–Crippen LogP) is 3.10. The molecule has 0 bridgehead atoms. The summed E-state index contributed by atoms with van der Waals surface area (Å²) in [6.45, 7) is 5.07. The standard InChI is InChI=1S/C19H30N4O2/c1-13(9-15-5-4-6-15)19(24)23-8-7-16(10-14(23)2)22-17-11-18(25-3)21-12-20-17/h11-16H,4-10H2,1-3H3,(H,20,21,22). The van der Waals surface area contributed by atoms with Gasteiger partial charge >= 0.3 is 0 Å². The number of carbonyl (C=O) groups excluding carboxylic acids is 1. The minimum Gasteiger partial charge on any atom is -0.481 e. The average molecular weight is 346 g/mol. The maximum absolute atomic E-state index is 12.8. The molecular weight excluding hydrogens is 316 g/mol. The molecule has 0 radical (unpaired) electrons. The molecule has 3 rings (SSSR count). The quantitative estimate of drug-likeness (QED) is 0.857. The summed E-state index contributed by atoms with van der Waals surface area (Å²) in [7, 11) is 1.60. The Hall–Kier alpha value is -1.85. The van der Waals surface area contributed by atoms with Crippen molar-refractivity contribution in [3.63, 3.8) is 0 Å². The summed E-state index contributed by atoms with van der Waals surface area (Å²) < 4.78 is 5.14. The molecular formula is C19H30N4O2. The first kappa shape index (κ1) is 18.0. The molecule has 138 valence electrons. The molecule has 25 heavy (non-hydrogen) atoms. The molecule has 2 fully saturated rings. The largest absolute Gasteiger partial charge is 0.481 e. The molecule has 0 spiro atoms. The fourth-order valence-corrected chi connectivity index (χ4v) is 3.98. The zero-order chi connectivity index (χ0) is 17.8. The Kier molecular flexibility index (Phi) is 5.76. The zero-order valence-electron chi connectivity index (χ0n) is 15.6. The van der Waals surface area contributed by atoms with Crippen LogP contribution in [-0.4, -0.2) is 46.5 Å². The lowest BCUT2D eigenvalue weighted by Gasteiger charge is -2.40. The van der Waals surface area contributed by atoms with E-state index in [1.165, 1.54) is 25.6 Å². The van der Waals surface area contributed by atoms with Crippen LogP contribution in [0, 0.1) is 11.8 Å². The van der Waals surface area contributed by atoms with E-state index >= 15 is 0 Å². The number of piperidine rings is 1. The second kappa shape index (κ2) is 8.02. The van der Waals surface area contributed by atoms with Crippen molar-refractivity contribution >= 4 is 11.7 Å². The number of aromatic nitrogens is 2. The molecule has 1 saturated heterocycles. The fourth-order valence-electron chi connectivity index (χ4n) is 3.98. The maximum Gasteiger partial charge on any atom is 0.225 e. The topological polar surface area (TPSA) is 67.3 Å². The van der Waals surface area contributed by atoms with Crippen molar-refractivity contribution in [2.45, 2.75) is 64.5 Å². The van der Waals surface area contributed by atoms with Crippen LogP contribution >= 0.6 is 0 Å². The molecule has 1 aliphatic heterocycles. The average Bonchev–Trinajstić information content (AvgIpc) is 2.57. The minimum absolute atomic E-state index is 0.156. The van der Waals surface area contributed by atoms with Gasteiger partial charge in [-0.05, 0) is 32.1 Å². The highest BCUT2D eigenvalue weighted by Gasteiger charge is 2.32. The number of anilines is 1. The van der Waals surface area contributed by atoms with Gasteiger partial charge in [0.15, 0.2) is 0 Å². The first-order chi connectivity index (χ1) is 12.1. The third kappa shape index (κ3) is 4.41. The van der Waals surface area contributed by atoms with Crippen LogP contribution < -0.4 is 10.1 Å². The van der Waals surface area contributed by atoms with Crippen LogP contribution in [0.1, 0.15) is 52.4 Å². The first-order valence-electron chi connectivity index (χ1n) is 9.50. The summed E-state index contributed by atoms with van der Waals surface area (Å²) in [5.41, 5.74) is 0. The Morgan fingerprint density at radius 3 is 2.84 bits per heavy atom. The monoisotopic (exact) mass is 346 g/mol. The molecule has 1 saturated carbocycles. The number of hydrogen-bond acceptors (Lipinski definition) is 5. The smallest absolute Gasteiger partial charge is 0.225 e. The van der Waals surface area contributed by atoms with Crippen molar-refractivity contribution < 1.29 is 9.53 Å². The number of carbonyl (C=O) groups is 1. The number of nitrogens with zero attached hydrogens (tertiary/aromatic N) is 3. The summed E-state index contributed by atoms with van der Waals surface area (Å²) >= 11 is 0. The highest BCUT2D eigenvalue weighted by atomic mass is 16.5. The van der Waals surface area contributed by atoms with Crippen molar-refractivity contribution in [1.29, 1.82) is 0 Å². The van der Waals surface area contributed by atoms with E-state index in [0.29, 0.717) is 17.8 Å². The van der Waals surface area contributed by atoms with Gasteiger partial charge < -0.3 is 15.0 Å².